The number of carbonyl (C=O) groups excluding carboxylic acids is 2. The van der Waals surface area contributed by atoms with E-state index in [1.165, 1.54) is 0 Å². The standard InChI is InChI=1S/C21H24N4O2/c22-12-19(13-5-6-13)25-21(27)16-3-1-2-4-18(16)24-20(26)15-7-8-17-14(11-15)9-10-23-17/h7-11,13,16,18-19,23H,1-6H2,(H,24,26)(H,25,27)/t16-,18+,19?/m1/s1. The Kier molecular flexibility index (Phi) is 4.85. The molecule has 2 amide bonds. The third-order valence-corrected chi connectivity index (χ3v) is 5.76. The molecule has 2 aliphatic carbocycles. The predicted octanol–water partition coefficient (Wildman–Crippen LogP) is 2.87. The number of nitriles is 1. The van der Waals surface area contributed by atoms with Crippen LogP contribution in [0.5, 0.6) is 0 Å². The summed E-state index contributed by atoms with van der Waals surface area (Å²) >= 11 is 0. The molecule has 0 saturated heterocycles. The average Bonchev–Trinajstić information content (AvgIpc) is 3.42. The highest BCUT2D eigenvalue weighted by Crippen LogP contribution is 2.33. The highest BCUT2D eigenvalue weighted by Gasteiger charge is 2.37. The summed E-state index contributed by atoms with van der Waals surface area (Å²) in [7, 11) is 0. The quantitative estimate of drug-likeness (QED) is 0.761. The summed E-state index contributed by atoms with van der Waals surface area (Å²) in [6, 6.07) is 9.10. The van der Waals surface area contributed by atoms with Gasteiger partial charge in [0.25, 0.3) is 5.91 Å². The molecule has 6 heteroatoms. The first kappa shape index (κ1) is 17.6. The van der Waals surface area contributed by atoms with Gasteiger partial charge >= 0.3 is 0 Å². The topological polar surface area (TPSA) is 97.8 Å². The number of aromatic amines is 1. The molecule has 3 atom stereocenters. The zero-order valence-electron chi connectivity index (χ0n) is 15.2. The minimum absolute atomic E-state index is 0.0977. The van der Waals surface area contributed by atoms with Crippen LogP contribution in [0.15, 0.2) is 30.5 Å². The Morgan fingerprint density at radius 1 is 1.15 bits per heavy atom. The molecule has 1 unspecified atom stereocenters. The van der Waals surface area contributed by atoms with E-state index in [2.05, 4.69) is 21.7 Å². The second kappa shape index (κ2) is 7.43. The molecule has 4 rings (SSSR count). The molecule has 1 aromatic carbocycles. The van der Waals surface area contributed by atoms with E-state index in [0.29, 0.717) is 11.5 Å². The number of aromatic nitrogens is 1. The van der Waals surface area contributed by atoms with Crippen LogP contribution >= 0.6 is 0 Å². The number of carbonyl (C=O) groups is 2. The number of H-pyrrole nitrogens is 1. The summed E-state index contributed by atoms with van der Waals surface area (Å²) in [5, 5.41) is 16.2. The zero-order chi connectivity index (χ0) is 18.8. The summed E-state index contributed by atoms with van der Waals surface area (Å²) in [5.41, 5.74) is 1.59. The molecule has 0 bridgehead atoms. The van der Waals surface area contributed by atoms with Gasteiger partial charge in [0.15, 0.2) is 0 Å². The van der Waals surface area contributed by atoms with Crippen LogP contribution in [0.2, 0.25) is 0 Å². The molecule has 2 fully saturated rings. The molecule has 0 aliphatic heterocycles. The van der Waals surface area contributed by atoms with Gasteiger partial charge in [-0.05, 0) is 55.9 Å². The Bertz CT molecular complexity index is 893. The molecule has 1 aromatic heterocycles. The average molecular weight is 364 g/mol. The number of hydrogen-bond donors (Lipinski definition) is 3. The summed E-state index contributed by atoms with van der Waals surface area (Å²) in [6.07, 6.45) is 7.36. The zero-order valence-corrected chi connectivity index (χ0v) is 15.2. The molecule has 0 radical (unpaired) electrons. The fourth-order valence-corrected chi connectivity index (χ4v) is 4.01. The van der Waals surface area contributed by atoms with Crippen LogP contribution in [-0.4, -0.2) is 28.9 Å². The van der Waals surface area contributed by atoms with Crippen molar-refractivity contribution < 1.29 is 9.59 Å². The Morgan fingerprint density at radius 2 is 1.96 bits per heavy atom. The smallest absolute Gasteiger partial charge is 0.251 e. The Morgan fingerprint density at radius 3 is 2.74 bits per heavy atom. The van der Waals surface area contributed by atoms with Crippen molar-refractivity contribution in [2.45, 2.75) is 50.6 Å². The molecular weight excluding hydrogens is 340 g/mol. The SMILES string of the molecule is N#CC(NC(=O)[C@@H]1CCCC[C@@H]1NC(=O)c1ccc2[nH]ccc2c1)C1CC1. The summed E-state index contributed by atoms with van der Waals surface area (Å²) < 4.78 is 0. The molecule has 2 saturated carbocycles. The lowest BCUT2D eigenvalue weighted by atomic mass is 9.83. The number of hydrogen-bond acceptors (Lipinski definition) is 3. The van der Waals surface area contributed by atoms with Gasteiger partial charge in [-0.3, -0.25) is 9.59 Å². The molecule has 0 spiro atoms. The lowest BCUT2D eigenvalue weighted by Crippen LogP contribution is -2.50. The minimum atomic E-state index is -0.397. The maximum Gasteiger partial charge on any atom is 0.251 e. The number of rotatable bonds is 5. The van der Waals surface area contributed by atoms with E-state index < -0.39 is 6.04 Å². The van der Waals surface area contributed by atoms with Gasteiger partial charge in [-0.2, -0.15) is 5.26 Å². The number of nitrogens with one attached hydrogen (secondary N) is 3. The monoisotopic (exact) mass is 364 g/mol. The van der Waals surface area contributed by atoms with Crippen molar-refractivity contribution in [3.63, 3.8) is 0 Å². The highest BCUT2D eigenvalue weighted by atomic mass is 16.2. The van der Waals surface area contributed by atoms with Gasteiger partial charge in [0.2, 0.25) is 5.91 Å². The second-order valence-corrected chi connectivity index (χ2v) is 7.70. The van der Waals surface area contributed by atoms with Crippen LogP contribution in [0.3, 0.4) is 0 Å². The van der Waals surface area contributed by atoms with Gasteiger partial charge in [-0.25, -0.2) is 0 Å². The first-order valence-corrected chi connectivity index (χ1v) is 9.73. The van der Waals surface area contributed by atoms with Crippen LogP contribution in [0.1, 0.15) is 48.9 Å². The van der Waals surface area contributed by atoms with Gasteiger partial charge in [0.05, 0.1) is 12.0 Å². The Labute approximate surface area is 158 Å². The van der Waals surface area contributed by atoms with Crippen molar-refractivity contribution in [3.8, 4) is 6.07 Å². The van der Waals surface area contributed by atoms with Crippen LogP contribution in [0.25, 0.3) is 10.9 Å². The first-order valence-electron chi connectivity index (χ1n) is 9.73. The van der Waals surface area contributed by atoms with Crippen molar-refractivity contribution in [3.05, 3.63) is 36.0 Å². The van der Waals surface area contributed by atoms with E-state index in [1.807, 2.05) is 24.4 Å². The van der Waals surface area contributed by atoms with Crippen molar-refractivity contribution in [2.75, 3.05) is 0 Å². The maximum atomic E-state index is 12.8. The van der Waals surface area contributed by atoms with Crippen LogP contribution in [0.4, 0.5) is 0 Å². The molecule has 2 aliphatic rings. The predicted molar refractivity (Wildman–Crippen MR) is 102 cm³/mol. The Hall–Kier alpha value is -2.81. The molecule has 1 heterocycles. The number of amides is 2. The van der Waals surface area contributed by atoms with Crippen LogP contribution in [-0.2, 0) is 4.79 Å². The summed E-state index contributed by atoms with van der Waals surface area (Å²) in [4.78, 5) is 28.6. The largest absolute Gasteiger partial charge is 0.361 e. The molecular formula is C21H24N4O2. The van der Waals surface area contributed by atoms with Crippen molar-refractivity contribution in [1.82, 2.24) is 15.6 Å². The highest BCUT2D eigenvalue weighted by molar-refractivity contribution is 5.98. The molecule has 3 N–H and O–H groups in total. The van der Waals surface area contributed by atoms with Crippen LogP contribution < -0.4 is 10.6 Å². The van der Waals surface area contributed by atoms with Crippen molar-refractivity contribution in [2.24, 2.45) is 11.8 Å². The third kappa shape index (κ3) is 3.82. The van der Waals surface area contributed by atoms with E-state index in [-0.39, 0.29) is 23.8 Å². The van der Waals surface area contributed by atoms with Gasteiger partial charge in [-0.15, -0.1) is 0 Å². The van der Waals surface area contributed by atoms with Gasteiger partial charge in [0.1, 0.15) is 6.04 Å². The van der Waals surface area contributed by atoms with Crippen molar-refractivity contribution >= 4 is 22.7 Å². The summed E-state index contributed by atoms with van der Waals surface area (Å²) in [5.74, 6) is -0.224. The third-order valence-electron chi connectivity index (χ3n) is 5.76. The first-order chi connectivity index (χ1) is 13.2. The van der Waals surface area contributed by atoms with Gasteiger partial charge in [0, 0.05) is 28.7 Å². The lowest BCUT2D eigenvalue weighted by molar-refractivity contribution is -0.127. The number of fused-ring (bicyclic) bond motifs is 1. The van der Waals surface area contributed by atoms with E-state index in [4.69, 9.17) is 0 Å². The number of benzene rings is 1. The Balaban J connectivity index is 1.44. The van der Waals surface area contributed by atoms with E-state index >= 15 is 0 Å². The molecule has 2 aromatic rings. The maximum absolute atomic E-state index is 12.8. The van der Waals surface area contributed by atoms with Crippen molar-refractivity contribution in [1.29, 1.82) is 5.26 Å². The summed E-state index contributed by atoms with van der Waals surface area (Å²) in [6.45, 7) is 0. The fraction of sp³-hybridized carbons (Fsp3) is 0.476. The van der Waals surface area contributed by atoms with E-state index in [9.17, 15) is 14.9 Å². The van der Waals surface area contributed by atoms with Gasteiger partial charge < -0.3 is 15.6 Å². The van der Waals surface area contributed by atoms with E-state index in [0.717, 1.165) is 49.4 Å². The second-order valence-electron chi connectivity index (χ2n) is 7.70. The minimum Gasteiger partial charge on any atom is -0.361 e. The van der Waals surface area contributed by atoms with Crippen LogP contribution in [0, 0.1) is 23.2 Å². The lowest BCUT2D eigenvalue weighted by Gasteiger charge is -2.31. The van der Waals surface area contributed by atoms with Gasteiger partial charge in [-0.1, -0.05) is 12.8 Å². The fourth-order valence-electron chi connectivity index (χ4n) is 4.01. The number of nitrogens with zero attached hydrogens (tertiary/aromatic N) is 1. The molecule has 27 heavy (non-hydrogen) atoms. The molecule has 6 nitrogen and oxygen atoms in total. The molecule has 140 valence electrons. The normalized spacial score (nSPS) is 23.4. The van der Waals surface area contributed by atoms with E-state index in [1.54, 1.807) is 6.07 Å².